The van der Waals surface area contributed by atoms with Gasteiger partial charge in [0, 0.05) is 31.2 Å². The Hall–Kier alpha value is -2.01. The molecule has 9 nitrogen and oxygen atoms in total. The summed E-state index contributed by atoms with van der Waals surface area (Å²) >= 11 is -1.94. The van der Waals surface area contributed by atoms with E-state index >= 15 is 0 Å². The third kappa shape index (κ3) is 3.57. The molecule has 2 atom stereocenters. The molecule has 4 heterocycles. The average molecular weight is 392 g/mol. The number of aromatic amines is 1. The first kappa shape index (κ1) is 18.4. The first-order chi connectivity index (χ1) is 13.0. The molecule has 1 fully saturated rings. The van der Waals surface area contributed by atoms with E-state index in [1.807, 2.05) is 12.3 Å². The van der Waals surface area contributed by atoms with Gasteiger partial charge in [0.15, 0.2) is 5.82 Å². The Morgan fingerprint density at radius 2 is 2.22 bits per heavy atom. The quantitative estimate of drug-likeness (QED) is 0.471. The molecule has 1 saturated heterocycles. The van der Waals surface area contributed by atoms with Gasteiger partial charge < -0.3 is 15.1 Å². The lowest BCUT2D eigenvalue weighted by Crippen LogP contribution is -2.43. The van der Waals surface area contributed by atoms with Crippen LogP contribution in [0.1, 0.15) is 38.1 Å². The van der Waals surface area contributed by atoms with Crippen molar-refractivity contribution in [3.8, 4) is 0 Å². The summed E-state index contributed by atoms with van der Waals surface area (Å²) in [6.45, 7) is 3.95. The summed E-state index contributed by atoms with van der Waals surface area (Å²) in [6, 6.07) is 1.99. The maximum Gasteiger partial charge on any atom is 0.231 e. The van der Waals surface area contributed by atoms with Gasteiger partial charge in [0.05, 0.1) is 6.20 Å². The number of rotatable bonds is 6. The Morgan fingerprint density at radius 3 is 2.93 bits per heavy atom. The molecule has 4 rings (SSSR count). The van der Waals surface area contributed by atoms with Crippen molar-refractivity contribution < 1.29 is 13.9 Å². The highest BCUT2D eigenvalue weighted by Gasteiger charge is 2.25. The van der Waals surface area contributed by atoms with Gasteiger partial charge in [-0.1, -0.05) is 0 Å². The van der Waals surface area contributed by atoms with E-state index in [1.54, 1.807) is 13.1 Å². The molecule has 1 unspecified atom stereocenters. The van der Waals surface area contributed by atoms with E-state index < -0.39 is 17.4 Å². The number of fused-ring (bicyclic) bond motifs is 3. The van der Waals surface area contributed by atoms with Crippen LogP contribution >= 0.6 is 0 Å². The second kappa shape index (κ2) is 7.55. The number of pyridine rings is 1. The Bertz CT molecular complexity index is 960. The van der Waals surface area contributed by atoms with Gasteiger partial charge in [0.25, 0.3) is 0 Å². The van der Waals surface area contributed by atoms with Gasteiger partial charge >= 0.3 is 0 Å². The van der Waals surface area contributed by atoms with Crippen LogP contribution in [0.5, 0.6) is 0 Å². The van der Waals surface area contributed by atoms with Crippen molar-refractivity contribution in [3.05, 3.63) is 24.3 Å². The minimum atomic E-state index is -1.94. The molecule has 0 radical (unpaired) electrons. The van der Waals surface area contributed by atoms with E-state index in [9.17, 15) is 9.32 Å². The van der Waals surface area contributed by atoms with Crippen LogP contribution in [0.3, 0.4) is 0 Å². The molecule has 0 bridgehead atoms. The lowest BCUT2D eigenvalue weighted by molar-refractivity contribution is 0.182. The number of aromatic nitrogens is 4. The Kier molecular flexibility index (Phi) is 5.13. The molecule has 0 spiro atoms. The highest BCUT2D eigenvalue weighted by molar-refractivity contribution is 7.77. The third-order valence-electron chi connectivity index (χ3n) is 5.23. The van der Waals surface area contributed by atoms with Crippen molar-refractivity contribution in [1.29, 1.82) is 0 Å². The van der Waals surface area contributed by atoms with Crippen molar-refractivity contribution in [1.82, 2.24) is 24.4 Å². The molecule has 1 aliphatic rings. The molecule has 146 valence electrons. The fourth-order valence-corrected chi connectivity index (χ4v) is 4.18. The maximum atomic E-state index is 10.7. The zero-order chi connectivity index (χ0) is 19.0. The molecule has 3 aromatic rings. The van der Waals surface area contributed by atoms with E-state index in [2.05, 4.69) is 29.4 Å². The molecule has 10 heteroatoms. The van der Waals surface area contributed by atoms with Crippen molar-refractivity contribution in [2.24, 2.45) is 5.92 Å². The van der Waals surface area contributed by atoms with Crippen molar-refractivity contribution in [3.63, 3.8) is 0 Å². The third-order valence-corrected chi connectivity index (χ3v) is 5.68. The number of aliphatic hydroxyl groups excluding tert-OH is 1. The topological polar surface area (TPSA) is 119 Å². The van der Waals surface area contributed by atoms with E-state index in [0.29, 0.717) is 18.3 Å². The van der Waals surface area contributed by atoms with Crippen LogP contribution in [0.4, 0.5) is 0 Å². The smallest absolute Gasteiger partial charge is 0.231 e. The van der Waals surface area contributed by atoms with Gasteiger partial charge in [-0.3, -0.25) is 4.55 Å². The van der Waals surface area contributed by atoms with Gasteiger partial charge in [-0.2, -0.15) is 0 Å². The summed E-state index contributed by atoms with van der Waals surface area (Å²) in [5.41, 5.74) is 2.54. The second-order valence-electron chi connectivity index (χ2n) is 7.02. The number of imidazole rings is 1. The zero-order valence-corrected chi connectivity index (χ0v) is 15.9. The summed E-state index contributed by atoms with van der Waals surface area (Å²) in [5, 5.41) is 13.5. The van der Waals surface area contributed by atoms with Gasteiger partial charge in [0.2, 0.25) is 11.3 Å². The van der Waals surface area contributed by atoms with Crippen LogP contribution in [0.2, 0.25) is 0 Å². The monoisotopic (exact) mass is 392 g/mol. The molecule has 4 N–H and O–H groups in total. The molecule has 3 aromatic heterocycles. The number of nitrogens with zero attached hydrogens (tertiary/aromatic N) is 4. The number of hydrogen-bond donors (Lipinski definition) is 4. The van der Waals surface area contributed by atoms with Gasteiger partial charge in [0.1, 0.15) is 22.8 Å². The first-order valence-electron chi connectivity index (χ1n) is 9.16. The highest BCUT2D eigenvalue weighted by Crippen LogP contribution is 2.29. The fourth-order valence-electron chi connectivity index (χ4n) is 3.89. The molecule has 27 heavy (non-hydrogen) atoms. The standard InChI is InChI=1S/C17H24N6O3S/c1-11(24)17-21-14-10-19-16-13(3-6-18-16)15(14)23(17)22-8-4-12(5-9-22)2-7-20-27(25)26/h3,6,10-12,20,24H,2,4-5,7-9H2,1H3,(H,18,19)(H,25,26)/t11-/m1/s1. The minimum absolute atomic E-state index is 0.510. The van der Waals surface area contributed by atoms with Crippen molar-refractivity contribution in [2.45, 2.75) is 32.3 Å². The van der Waals surface area contributed by atoms with Gasteiger partial charge in [-0.05, 0) is 38.2 Å². The fraction of sp³-hybridized carbons (Fsp3) is 0.529. The zero-order valence-electron chi connectivity index (χ0n) is 15.1. The van der Waals surface area contributed by atoms with E-state index in [4.69, 9.17) is 4.55 Å². The molecule has 0 amide bonds. The molecule has 0 aliphatic carbocycles. The highest BCUT2D eigenvalue weighted by atomic mass is 32.2. The van der Waals surface area contributed by atoms with Crippen LogP contribution in [0, 0.1) is 5.92 Å². The Morgan fingerprint density at radius 1 is 1.44 bits per heavy atom. The van der Waals surface area contributed by atoms with Gasteiger partial charge in [-0.15, -0.1) is 0 Å². The lowest BCUT2D eigenvalue weighted by atomic mass is 9.94. The first-order valence-corrected chi connectivity index (χ1v) is 10.3. The molecule has 0 saturated carbocycles. The largest absolute Gasteiger partial charge is 0.385 e. The predicted octanol–water partition coefficient (Wildman–Crippen LogP) is 1.43. The molecular formula is C17H24N6O3S. The number of hydrogen-bond acceptors (Lipinski definition) is 5. The normalized spacial score (nSPS) is 18.4. The number of nitrogens with one attached hydrogen (secondary N) is 2. The maximum absolute atomic E-state index is 10.7. The molecule has 1 aliphatic heterocycles. The van der Waals surface area contributed by atoms with E-state index in [-0.39, 0.29) is 0 Å². The summed E-state index contributed by atoms with van der Waals surface area (Å²) in [6.07, 6.45) is 5.76. The summed E-state index contributed by atoms with van der Waals surface area (Å²) < 4.78 is 24.1. The lowest BCUT2D eigenvalue weighted by Gasteiger charge is -2.35. The average Bonchev–Trinajstić information content (AvgIpc) is 3.26. The van der Waals surface area contributed by atoms with Crippen molar-refractivity contribution in [2.75, 3.05) is 24.6 Å². The minimum Gasteiger partial charge on any atom is -0.385 e. The Labute approximate surface area is 159 Å². The summed E-state index contributed by atoms with van der Waals surface area (Å²) in [5.74, 6) is 1.13. The van der Waals surface area contributed by atoms with Crippen molar-refractivity contribution >= 4 is 33.3 Å². The van der Waals surface area contributed by atoms with Crippen LogP contribution in [0.15, 0.2) is 18.5 Å². The number of aliphatic hydroxyl groups is 1. The second-order valence-corrected chi connectivity index (χ2v) is 7.81. The summed E-state index contributed by atoms with van der Waals surface area (Å²) in [4.78, 5) is 12.2. The summed E-state index contributed by atoms with van der Waals surface area (Å²) in [7, 11) is 0. The van der Waals surface area contributed by atoms with Crippen LogP contribution < -0.4 is 9.73 Å². The van der Waals surface area contributed by atoms with Crippen LogP contribution in [0.25, 0.3) is 22.1 Å². The van der Waals surface area contributed by atoms with E-state index in [0.717, 1.165) is 54.4 Å². The Balaban J connectivity index is 1.61. The SMILES string of the molecule is C[C@@H](O)c1nc2cnc3[nH]ccc3c2n1N1CCC(CCNS(=O)O)CC1. The molecule has 0 aromatic carbocycles. The van der Waals surface area contributed by atoms with E-state index in [1.165, 1.54) is 0 Å². The van der Waals surface area contributed by atoms with Gasteiger partial charge in [-0.25, -0.2) is 23.6 Å². The molecular weight excluding hydrogens is 368 g/mol. The number of H-pyrrole nitrogens is 1. The van der Waals surface area contributed by atoms with Crippen LogP contribution in [-0.4, -0.2) is 53.1 Å². The van der Waals surface area contributed by atoms with Crippen LogP contribution in [-0.2, 0) is 11.3 Å². The number of piperidine rings is 1. The predicted molar refractivity (Wildman–Crippen MR) is 104 cm³/mol.